The summed E-state index contributed by atoms with van der Waals surface area (Å²) in [5, 5.41) is 15.1. The van der Waals surface area contributed by atoms with Crippen molar-refractivity contribution >= 4 is 6.03 Å². The third kappa shape index (κ3) is 5.46. The molecular formula is C18H23F3N4O2. The first-order chi connectivity index (χ1) is 12.7. The van der Waals surface area contributed by atoms with Gasteiger partial charge in [-0.2, -0.15) is 13.2 Å². The summed E-state index contributed by atoms with van der Waals surface area (Å²) in [7, 11) is 1.37. The van der Waals surface area contributed by atoms with Crippen LogP contribution in [0.25, 0.3) is 0 Å². The minimum Gasteiger partial charge on any atom is -0.374 e. The number of nitrogens with one attached hydrogen (secondary N) is 2. The number of halogens is 3. The Hall–Kier alpha value is -2.55. The van der Waals surface area contributed by atoms with Crippen LogP contribution in [0.4, 0.5) is 18.0 Å². The van der Waals surface area contributed by atoms with Gasteiger partial charge in [-0.3, -0.25) is 0 Å². The van der Waals surface area contributed by atoms with E-state index in [2.05, 4.69) is 15.6 Å². The van der Waals surface area contributed by atoms with E-state index in [1.54, 1.807) is 0 Å². The van der Waals surface area contributed by atoms with Gasteiger partial charge in [0.25, 0.3) is 0 Å². The molecule has 1 aromatic carbocycles. The maximum absolute atomic E-state index is 13.4. The number of urea groups is 1. The van der Waals surface area contributed by atoms with E-state index < -0.39 is 30.1 Å². The predicted octanol–water partition coefficient (Wildman–Crippen LogP) is 2.49. The van der Waals surface area contributed by atoms with Crippen molar-refractivity contribution in [1.29, 1.82) is 0 Å². The minimum atomic E-state index is -4.92. The number of aromatic nitrogens is 2. The summed E-state index contributed by atoms with van der Waals surface area (Å²) in [5.74, 6) is -0.514. The second kappa shape index (κ2) is 8.90. The molecule has 9 heteroatoms. The molecule has 0 bridgehead atoms. The standard InChI is InChI=1S/C18H23F3N4O2/c1-25-13-12-22-15(25)17(27,18(19,20)21)9-11-24-16(26)23-10-5-8-14-6-3-2-4-7-14/h2-4,6-7,12-13,27H,5,8-11H2,1H3,(H2,23,24,26). The number of aryl methyl sites for hydroxylation is 2. The number of alkyl halides is 3. The van der Waals surface area contributed by atoms with E-state index in [0.29, 0.717) is 13.0 Å². The monoisotopic (exact) mass is 384 g/mol. The lowest BCUT2D eigenvalue weighted by atomic mass is 9.97. The number of hydrogen-bond donors (Lipinski definition) is 3. The van der Waals surface area contributed by atoms with Crippen LogP contribution in [0.3, 0.4) is 0 Å². The zero-order valence-corrected chi connectivity index (χ0v) is 15.0. The highest BCUT2D eigenvalue weighted by molar-refractivity contribution is 5.73. The maximum Gasteiger partial charge on any atom is 0.424 e. The molecule has 0 saturated heterocycles. The van der Waals surface area contributed by atoms with Crippen molar-refractivity contribution in [2.75, 3.05) is 13.1 Å². The second-order valence-corrected chi connectivity index (χ2v) is 6.24. The van der Waals surface area contributed by atoms with Crippen molar-refractivity contribution in [3.63, 3.8) is 0 Å². The van der Waals surface area contributed by atoms with Crippen LogP contribution in [0, 0.1) is 0 Å². The summed E-state index contributed by atoms with van der Waals surface area (Å²) >= 11 is 0. The van der Waals surface area contributed by atoms with E-state index in [1.165, 1.54) is 19.4 Å². The van der Waals surface area contributed by atoms with Crippen LogP contribution in [0.15, 0.2) is 42.7 Å². The van der Waals surface area contributed by atoms with Crippen LogP contribution < -0.4 is 10.6 Å². The number of imidazole rings is 1. The number of hydrogen-bond acceptors (Lipinski definition) is 3. The molecule has 0 spiro atoms. The van der Waals surface area contributed by atoms with Crippen molar-refractivity contribution in [2.45, 2.75) is 31.0 Å². The van der Waals surface area contributed by atoms with Crippen LogP contribution in [-0.2, 0) is 19.1 Å². The van der Waals surface area contributed by atoms with Gasteiger partial charge in [-0.1, -0.05) is 30.3 Å². The number of rotatable bonds is 8. The lowest BCUT2D eigenvalue weighted by Crippen LogP contribution is -2.47. The van der Waals surface area contributed by atoms with Crippen molar-refractivity contribution < 1.29 is 23.1 Å². The summed E-state index contributed by atoms with van der Waals surface area (Å²) in [6.07, 6.45) is -1.66. The molecule has 0 aliphatic rings. The summed E-state index contributed by atoms with van der Waals surface area (Å²) in [5.41, 5.74) is -1.99. The van der Waals surface area contributed by atoms with Gasteiger partial charge in [-0.25, -0.2) is 9.78 Å². The molecule has 0 fully saturated rings. The molecule has 1 atom stereocenters. The van der Waals surface area contributed by atoms with E-state index in [4.69, 9.17) is 0 Å². The number of carbonyl (C=O) groups is 1. The quantitative estimate of drug-likeness (QED) is 0.612. The second-order valence-electron chi connectivity index (χ2n) is 6.24. The lowest BCUT2D eigenvalue weighted by Gasteiger charge is -2.29. The van der Waals surface area contributed by atoms with Crippen LogP contribution in [0.2, 0.25) is 0 Å². The van der Waals surface area contributed by atoms with Gasteiger partial charge in [0.15, 0.2) is 0 Å². The topological polar surface area (TPSA) is 79.2 Å². The Morgan fingerprint density at radius 3 is 2.44 bits per heavy atom. The van der Waals surface area contributed by atoms with Crippen LogP contribution >= 0.6 is 0 Å². The first-order valence-corrected chi connectivity index (χ1v) is 8.56. The summed E-state index contributed by atoms with van der Waals surface area (Å²) in [6.45, 7) is 0.0387. The molecule has 27 heavy (non-hydrogen) atoms. The molecule has 2 amide bonds. The SMILES string of the molecule is Cn1ccnc1C(O)(CCNC(=O)NCCCc1ccccc1)C(F)(F)F. The Balaban J connectivity index is 1.77. The van der Waals surface area contributed by atoms with Crippen molar-refractivity contribution in [3.8, 4) is 0 Å². The summed E-state index contributed by atoms with van der Waals surface area (Å²) < 4.78 is 41.2. The number of amides is 2. The van der Waals surface area contributed by atoms with Gasteiger partial charge < -0.3 is 20.3 Å². The molecule has 6 nitrogen and oxygen atoms in total. The van der Waals surface area contributed by atoms with Crippen molar-refractivity contribution in [3.05, 3.63) is 54.1 Å². The number of aliphatic hydroxyl groups is 1. The predicted molar refractivity (Wildman–Crippen MR) is 93.9 cm³/mol. The van der Waals surface area contributed by atoms with E-state index >= 15 is 0 Å². The molecule has 3 N–H and O–H groups in total. The molecule has 0 radical (unpaired) electrons. The fourth-order valence-electron chi connectivity index (χ4n) is 2.70. The van der Waals surface area contributed by atoms with Crippen molar-refractivity contribution in [2.24, 2.45) is 7.05 Å². The number of nitrogens with zero attached hydrogens (tertiary/aromatic N) is 2. The van der Waals surface area contributed by atoms with E-state index in [0.717, 1.165) is 16.6 Å². The fraction of sp³-hybridized carbons (Fsp3) is 0.444. The Kier molecular flexibility index (Phi) is 6.84. The first-order valence-electron chi connectivity index (χ1n) is 8.56. The van der Waals surface area contributed by atoms with Crippen LogP contribution in [-0.4, -0.2) is 40.0 Å². The van der Waals surface area contributed by atoms with Crippen LogP contribution in [0.5, 0.6) is 0 Å². The lowest BCUT2D eigenvalue weighted by molar-refractivity contribution is -0.272. The zero-order chi connectivity index (χ0) is 19.9. The van der Waals surface area contributed by atoms with Crippen LogP contribution in [0.1, 0.15) is 24.2 Å². The van der Waals surface area contributed by atoms with Crippen molar-refractivity contribution in [1.82, 2.24) is 20.2 Å². The normalized spacial score (nSPS) is 13.8. The average Bonchev–Trinajstić information content (AvgIpc) is 3.05. The Morgan fingerprint density at radius 1 is 1.19 bits per heavy atom. The van der Waals surface area contributed by atoms with E-state index in [-0.39, 0.29) is 6.54 Å². The largest absolute Gasteiger partial charge is 0.424 e. The summed E-state index contributed by atoms with van der Waals surface area (Å²) in [6, 6.07) is 9.16. The molecule has 2 aromatic rings. The molecule has 2 rings (SSSR count). The third-order valence-corrected chi connectivity index (χ3v) is 4.20. The highest BCUT2D eigenvalue weighted by Gasteiger charge is 2.57. The van der Waals surface area contributed by atoms with Gasteiger partial charge in [0, 0.05) is 39.0 Å². The smallest absolute Gasteiger partial charge is 0.374 e. The minimum absolute atomic E-state index is 0.354. The molecular weight excluding hydrogens is 361 g/mol. The van der Waals surface area contributed by atoms with E-state index in [9.17, 15) is 23.1 Å². The van der Waals surface area contributed by atoms with E-state index in [1.807, 2.05) is 30.3 Å². The van der Waals surface area contributed by atoms with Gasteiger partial charge in [-0.15, -0.1) is 0 Å². The van der Waals surface area contributed by atoms with Gasteiger partial charge >= 0.3 is 12.2 Å². The molecule has 0 aliphatic heterocycles. The molecule has 0 saturated carbocycles. The first kappa shape index (κ1) is 20.8. The number of carbonyl (C=O) groups excluding carboxylic acids is 1. The highest BCUT2D eigenvalue weighted by Crippen LogP contribution is 2.40. The molecule has 1 aromatic heterocycles. The zero-order valence-electron chi connectivity index (χ0n) is 15.0. The Morgan fingerprint density at radius 2 is 1.85 bits per heavy atom. The summed E-state index contributed by atoms with van der Waals surface area (Å²) in [4.78, 5) is 15.3. The Labute approximate surface area is 155 Å². The van der Waals surface area contributed by atoms with Gasteiger partial charge in [0.05, 0.1) is 0 Å². The number of benzene rings is 1. The molecule has 0 aliphatic carbocycles. The highest BCUT2D eigenvalue weighted by atomic mass is 19.4. The average molecular weight is 384 g/mol. The Bertz CT molecular complexity index is 734. The van der Waals surface area contributed by atoms with Gasteiger partial charge in [-0.05, 0) is 18.4 Å². The molecule has 148 valence electrons. The van der Waals surface area contributed by atoms with Gasteiger partial charge in [0.1, 0.15) is 5.82 Å². The fourth-order valence-corrected chi connectivity index (χ4v) is 2.70. The third-order valence-electron chi connectivity index (χ3n) is 4.20. The maximum atomic E-state index is 13.4. The molecule has 1 unspecified atom stereocenters. The molecule has 1 heterocycles. The van der Waals surface area contributed by atoms with Gasteiger partial charge in [0.2, 0.25) is 5.60 Å².